The fourth-order valence-corrected chi connectivity index (χ4v) is 1.37. The number of hydrogen-bond donors (Lipinski definition) is 0. The third-order valence-electron chi connectivity index (χ3n) is 2.32. The van der Waals surface area contributed by atoms with Gasteiger partial charge in [0.05, 0.1) is 6.42 Å². The van der Waals surface area contributed by atoms with Crippen molar-refractivity contribution in [3.8, 4) is 5.75 Å². The van der Waals surface area contributed by atoms with Gasteiger partial charge >= 0.3 is 5.97 Å². The Balaban J connectivity index is 0.000000217. The van der Waals surface area contributed by atoms with Crippen LogP contribution in [-0.4, -0.2) is 5.97 Å². The average Bonchev–Trinajstić information content (AvgIpc) is 2.50. The summed E-state index contributed by atoms with van der Waals surface area (Å²) in [5, 5.41) is 0. The van der Waals surface area contributed by atoms with Crippen LogP contribution in [0.2, 0.25) is 0 Å². The van der Waals surface area contributed by atoms with E-state index in [2.05, 4.69) is 13.2 Å². The fourth-order valence-electron chi connectivity index (χ4n) is 1.37. The molecule has 0 heterocycles. The zero-order valence-corrected chi connectivity index (χ0v) is 11.4. The highest BCUT2D eigenvalue weighted by atomic mass is 16.5. The summed E-state index contributed by atoms with van der Waals surface area (Å²) in [6.45, 7) is 7.07. The van der Waals surface area contributed by atoms with Crippen molar-refractivity contribution in [3.63, 3.8) is 0 Å². The van der Waals surface area contributed by atoms with Crippen molar-refractivity contribution in [1.82, 2.24) is 0 Å². The fraction of sp³-hybridized carbons (Fsp3) is 0.0556. The van der Waals surface area contributed by atoms with Crippen molar-refractivity contribution in [2.75, 3.05) is 0 Å². The molecule has 102 valence electrons. The standard InChI is InChI=1S/C10H10O2.C8H8/c1-2-6-10(11)12-9-7-4-3-5-8-9;1-2-8-6-4-3-5-7-8/h2-5,7-8H,1,6H2;2-7H,1H2. The number of para-hydroxylation sites is 1. The molecule has 0 saturated heterocycles. The molecule has 0 saturated carbocycles. The summed E-state index contributed by atoms with van der Waals surface area (Å²) in [5.41, 5.74) is 1.17. The second kappa shape index (κ2) is 9.34. The number of benzene rings is 2. The van der Waals surface area contributed by atoms with Gasteiger partial charge in [0.15, 0.2) is 0 Å². The van der Waals surface area contributed by atoms with Crippen LogP contribution >= 0.6 is 0 Å². The largest absolute Gasteiger partial charge is 0.426 e. The van der Waals surface area contributed by atoms with Crippen LogP contribution < -0.4 is 4.74 Å². The molecule has 0 atom stereocenters. The average molecular weight is 266 g/mol. The molecule has 2 aromatic carbocycles. The van der Waals surface area contributed by atoms with Crippen LogP contribution in [0.15, 0.2) is 79.9 Å². The molecular formula is C18H18O2. The first kappa shape index (κ1) is 15.4. The second-order valence-electron chi connectivity index (χ2n) is 3.89. The van der Waals surface area contributed by atoms with Crippen molar-refractivity contribution in [3.05, 3.63) is 85.5 Å². The number of hydrogen-bond acceptors (Lipinski definition) is 2. The van der Waals surface area contributed by atoms with Crippen LogP contribution in [0.1, 0.15) is 12.0 Å². The van der Waals surface area contributed by atoms with Gasteiger partial charge in [-0.2, -0.15) is 0 Å². The maximum absolute atomic E-state index is 10.9. The Hall–Kier alpha value is -2.61. The summed E-state index contributed by atoms with van der Waals surface area (Å²) in [6.07, 6.45) is 3.60. The first-order valence-electron chi connectivity index (χ1n) is 6.30. The first-order valence-corrected chi connectivity index (χ1v) is 6.30. The molecule has 0 fully saturated rings. The summed E-state index contributed by atoms with van der Waals surface area (Å²) in [7, 11) is 0. The Morgan fingerprint density at radius 1 is 0.950 bits per heavy atom. The predicted molar refractivity (Wildman–Crippen MR) is 83.4 cm³/mol. The van der Waals surface area contributed by atoms with Gasteiger partial charge in [-0.3, -0.25) is 4.79 Å². The van der Waals surface area contributed by atoms with E-state index in [-0.39, 0.29) is 12.4 Å². The maximum atomic E-state index is 10.9. The van der Waals surface area contributed by atoms with E-state index in [1.807, 2.05) is 54.6 Å². The quantitative estimate of drug-likeness (QED) is 0.463. The number of ether oxygens (including phenoxy) is 1. The lowest BCUT2D eigenvalue weighted by Crippen LogP contribution is -2.05. The van der Waals surface area contributed by atoms with Gasteiger partial charge in [0.1, 0.15) is 5.75 Å². The molecule has 0 aliphatic heterocycles. The summed E-state index contributed by atoms with van der Waals surface area (Å²) < 4.78 is 4.94. The third-order valence-corrected chi connectivity index (χ3v) is 2.32. The molecule has 0 N–H and O–H groups in total. The molecule has 20 heavy (non-hydrogen) atoms. The van der Waals surface area contributed by atoms with Gasteiger partial charge in [-0.05, 0) is 17.7 Å². The first-order chi connectivity index (χ1) is 9.76. The summed E-state index contributed by atoms with van der Waals surface area (Å²) >= 11 is 0. The van der Waals surface area contributed by atoms with E-state index in [1.165, 1.54) is 11.6 Å². The lowest BCUT2D eigenvalue weighted by molar-refractivity contribution is -0.133. The number of carbonyl (C=O) groups is 1. The van der Waals surface area contributed by atoms with Gasteiger partial charge in [0.2, 0.25) is 0 Å². The van der Waals surface area contributed by atoms with Gasteiger partial charge < -0.3 is 4.74 Å². The van der Waals surface area contributed by atoms with Gasteiger partial charge in [-0.1, -0.05) is 67.3 Å². The second-order valence-corrected chi connectivity index (χ2v) is 3.89. The van der Waals surface area contributed by atoms with E-state index in [4.69, 9.17) is 4.74 Å². The molecule has 2 rings (SSSR count). The van der Waals surface area contributed by atoms with E-state index in [9.17, 15) is 4.79 Å². The lowest BCUT2D eigenvalue weighted by Gasteiger charge is -2.00. The predicted octanol–water partition coefficient (Wildman–Crippen LogP) is 4.50. The number of carbonyl (C=O) groups excluding carboxylic acids is 1. The van der Waals surface area contributed by atoms with E-state index < -0.39 is 0 Å². The lowest BCUT2D eigenvalue weighted by atomic mass is 10.2. The number of esters is 1. The topological polar surface area (TPSA) is 26.3 Å². The van der Waals surface area contributed by atoms with Crippen LogP contribution in [0.5, 0.6) is 5.75 Å². The van der Waals surface area contributed by atoms with Crippen LogP contribution in [0.3, 0.4) is 0 Å². The molecule has 0 unspecified atom stereocenters. The molecule has 2 aromatic rings. The minimum atomic E-state index is -0.281. The van der Waals surface area contributed by atoms with Gasteiger partial charge in [-0.15, -0.1) is 6.58 Å². The highest BCUT2D eigenvalue weighted by molar-refractivity contribution is 5.73. The Morgan fingerprint density at radius 2 is 1.50 bits per heavy atom. The Labute approximate surface area is 120 Å². The monoisotopic (exact) mass is 266 g/mol. The molecule has 0 bridgehead atoms. The highest BCUT2D eigenvalue weighted by Crippen LogP contribution is 2.08. The van der Waals surface area contributed by atoms with Crippen molar-refractivity contribution in [2.24, 2.45) is 0 Å². The minimum absolute atomic E-state index is 0.245. The molecule has 0 aromatic heterocycles. The summed E-state index contributed by atoms with van der Waals surface area (Å²) in [4.78, 5) is 10.9. The van der Waals surface area contributed by atoms with E-state index in [0.717, 1.165) is 0 Å². The SMILES string of the molecule is C=CCC(=O)Oc1ccccc1.C=Cc1ccccc1. The van der Waals surface area contributed by atoms with Gasteiger partial charge in [-0.25, -0.2) is 0 Å². The molecule has 2 heteroatoms. The van der Waals surface area contributed by atoms with E-state index >= 15 is 0 Å². The Kier molecular flexibility index (Phi) is 7.21. The minimum Gasteiger partial charge on any atom is -0.426 e. The molecular weight excluding hydrogens is 248 g/mol. The van der Waals surface area contributed by atoms with E-state index in [0.29, 0.717) is 5.75 Å². The molecule has 0 amide bonds. The zero-order valence-electron chi connectivity index (χ0n) is 11.4. The molecule has 2 nitrogen and oxygen atoms in total. The number of rotatable bonds is 4. The van der Waals surface area contributed by atoms with Gasteiger partial charge in [0, 0.05) is 0 Å². The van der Waals surface area contributed by atoms with Crippen molar-refractivity contribution >= 4 is 12.0 Å². The van der Waals surface area contributed by atoms with Crippen molar-refractivity contribution in [1.29, 1.82) is 0 Å². The normalized spacial score (nSPS) is 8.80. The summed E-state index contributed by atoms with van der Waals surface area (Å²) in [5.74, 6) is 0.292. The van der Waals surface area contributed by atoms with Crippen molar-refractivity contribution < 1.29 is 9.53 Å². The highest BCUT2D eigenvalue weighted by Gasteiger charge is 1.99. The molecule has 0 spiro atoms. The molecule has 0 aliphatic rings. The van der Waals surface area contributed by atoms with Crippen molar-refractivity contribution in [2.45, 2.75) is 6.42 Å². The third kappa shape index (κ3) is 6.36. The molecule has 0 aliphatic carbocycles. The molecule has 0 radical (unpaired) electrons. The van der Waals surface area contributed by atoms with Crippen LogP contribution in [0, 0.1) is 0 Å². The van der Waals surface area contributed by atoms with E-state index in [1.54, 1.807) is 12.1 Å². The summed E-state index contributed by atoms with van der Waals surface area (Å²) in [6, 6.07) is 19.0. The smallest absolute Gasteiger partial charge is 0.315 e. The zero-order chi connectivity index (χ0) is 14.6. The Bertz CT molecular complexity index is 530. The van der Waals surface area contributed by atoms with Crippen LogP contribution in [0.25, 0.3) is 6.08 Å². The van der Waals surface area contributed by atoms with Gasteiger partial charge in [0.25, 0.3) is 0 Å². The Morgan fingerprint density at radius 3 is 1.95 bits per heavy atom. The van der Waals surface area contributed by atoms with Crippen LogP contribution in [0.4, 0.5) is 0 Å². The van der Waals surface area contributed by atoms with Crippen LogP contribution in [-0.2, 0) is 4.79 Å². The maximum Gasteiger partial charge on any atom is 0.315 e.